The summed E-state index contributed by atoms with van der Waals surface area (Å²) >= 11 is 0. The molecule has 146 valence electrons. The van der Waals surface area contributed by atoms with Crippen molar-refractivity contribution in [3.8, 4) is 0 Å². The Bertz CT molecular complexity index is 761. The molecule has 2 aliphatic rings. The van der Waals surface area contributed by atoms with Crippen LogP contribution in [-0.2, 0) is 4.74 Å². The van der Waals surface area contributed by atoms with E-state index in [1.54, 1.807) is 0 Å². The SMILES string of the molecule is O=C(NCCCN1CCOCC1)c1ccc2nc(C3CCCCC3)oc2c1. The van der Waals surface area contributed by atoms with Gasteiger partial charge in [-0.05, 0) is 44.0 Å². The predicted octanol–water partition coefficient (Wildman–Crippen LogP) is 3.33. The molecule has 1 saturated carbocycles. The van der Waals surface area contributed by atoms with Crippen LogP contribution in [-0.4, -0.2) is 55.2 Å². The zero-order chi connectivity index (χ0) is 18.5. The monoisotopic (exact) mass is 371 g/mol. The zero-order valence-corrected chi connectivity index (χ0v) is 15.9. The van der Waals surface area contributed by atoms with Crippen molar-refractivity contribution in [2.75, 3.05) is 39.4 Å². The summed E-state index contributed by atoms with van der Waals surface area (Å²) in [6.07, 6.45) is 7.07. The van der Waals surface area contributed by atoms with Crippen LogP contribution in [0.1, 0.15) is 60.7 Å². The number of hydrogen-bond acceptors (Lipinski definition) is 5. The van der Waals surface area contributed by atoms with E-state index < -0.39 is 0 Å². The molecule has 0 atom stereocenters. The third-order valence-corrected chi connectivity index (χ3v) is 5.66. The molecule has 1 amide bonds. The normalized spacial score (nSPS) is 19.4. The molecule has 1 N–H and O–H groups in total. The fourth-order valence-electron chi connectivity index (χ4n) is 4.04. The number of aromatic nitrogens is 1. The van der Waals surface area contributed by atoms with E-state index in [9.17, 15) is 4.79 Å². The van der Waals surface area contributed by atoms with Crippen LogP contribution in [0.3, 0.4) is 0 Å². The summed E-state index contributed by atoms with van der Waals surface area (Å²) in [5.41, 5.74) is 2.20. The van der Waals surface area contributed by atoms with Crippen molar-refractivity contribution in [3.05, 3.63) is 29.7 Å². The van der Waals surface area contributed by atoms with E-state index in [4.69, 9.17) is 9.15 Å². The third kappa shape index (κ3) is 4.68. The van der Waals surface area contributed by atoms with E-state index in [2.05, 4.69) is 15.2 Å². The molecule has 4 rings (SSSR count). The second-order valence-corrected chi connectivity index (χ2v) is 7.63. The predicted molar refractivity (Wildman–Crippen MR) is 104 cm³/mol. The molecule has 0 radical (unpaired) electrons. The van der Waals surface area contributed by atoms with Gasteiger partial charge in [0, 0.05) is 31.1 Å². The van der Waals surface area contributed by atoms with Gasteiger partial charge in [0.15, 0.2) is 11.5 Å². The zero-order valence-electron chi connectivity index (χ0n) is 15.9. The summed E-state index contributed by atoms with van der Waals surface area (Å²) in [7, 11) is 0. The van der Waals surface area contributed by atoms with Crippen LogP contribution >= 0.6 is 0 Å². The van der Waals surface area contributed by atoms with Crippen molar-refractivity contribution in [3.63, 3.8) is 0 Å². The first kappa shape index (κ1) is 18.4. The van der Waals surface area contributed by atoms with Crippen LogP contribution in [0.5, 0.6) is 0 Å². The Morgan fingerprint density at radius 3 is 2.81 bits per heavy atom. The maximum atomic E-state index is 12.4. The number of ether oxygens (including phenoxy) is 1. The van der Waals surface area contributed by atoms with Gasteiger partial charge in [0.25, 0.3) is 5.91 Å². The number of morpholine rings is 1. The fraction of sp³-hybridized carbons (Fsp3) is 0.619. The summed E-state index contributed by atoms with van der Waals surface area (Å²) in [5, 5.41) is 3.01. The lowest BCUT2D eigenvalue weighted by Crippen LogP contribution is -2.38. The Kier molecular flexibility index (Phi) is 6.04. The van der Waals surface area contributed by atoms with Gasteiger partial charge in [-0.1, -0.05) is 19.3 Å². The number of oxazole rings is 1. The number of carbonyl (C=O) groups excluding carboxylic acids is 1. The van der Waals surface area contributed by atoms with Crippen molar-refractivity contribution in [1.82, 2.24) is 15.2 Å². The number of benzene rings is 1. The molecule has 6 nitrogen and oxygen atoms in total. The highest BCUT2D eigenvalue weighted by atomic mass is 16.5. The fourth-order valence-corrected chi connectivity index (χ4v) is 4.04. The Hall–Kier alpha value is -1.92. The Morgan fingerprint density at radius 1 is 1.19 bits per heavy atom. The highest BCUT2D eigenvalue weighted by Gasteiger charge is 2.21. The lowest BCUT2D eigenvalue weighted by Gasteiger charge is -2.26. The van der Waals surface area contributed by atoms with E-state index in [1.807, 2.05) is 18.2 Å². The largest absolute Gasteiger partial charge is 0.440 e. The standard InChI is InChI=1S/C21H29N3O3/c25-20(22-9-4-10-24-11-13-26-14-12-24)17-7-8-18-19(15-17)27-21(23-18)16-5-2-1-3-6-16/h7-8,15-16H,1-6,9-14H2,(H,22,25). The smallest absolute Gasteiger partial charge is 0.251 e. The van der Waals surface area contributed by atoms with Crippen LogP contribution in [0.25, 0.3) is 11.1 Å². The highest BCUT2D eigenvalue weighted by molar-refractivity contribution is 5.97. The highest BCUT2D eigenvalue weighted by Crippen LogP contribution is 2.33. The number of nitrogens with zero attached hydrogens (tertiary/aromatic N) is 2. The molecule has 0 bridgehead atoms. The number of hydrogen-bond donors (Lipinski definition) is 1. The first-order chi connectivity index (χ1) is 13.3. The summed E-state index contributed by atoms with van der Waals surface area (Å²) in [4.78, 5) is 19.5. The van der Waals surface area contributed by atoms with Crippen molar-refractivity contribution >= 4 is 17.0 Å². The summed E-state index contributed by atoms with van der Waals surface area (Å²) in [5.74, 6) is 1.23. The van der Waals surface area contributed by atoms with E-state index in [-0.39, 0.29) is 5.91 Å². The summed E-state index contributed by atoms with van der Waals surface area (Å²) in [6.45, 7) is 5.27. The average molecular weight is 371 g/mol. The second kappa shape index (κ2) is 8.85. The van der Waals surface area contributed by atoms with Gasteiger partial charge in [0.05, 0.1) is 13.2 Å². The first-order valence-corrected chi connectivity index (χ1v) is 10.3. The molecule has 1 aliphatic heterocycles. The molecule has 0 unspecified atom stereocenters. The maximum absolute atomic E-state index is 12.4. The molecule has 0 spiro atoms. The molecule has 2 fully saturated rings. The van der Waals surface area contributed by atoms with Crippen LogP contribution in [0, 0.1) is 0 Å². The molecule has 1 aliphatic carbocycles. The van der Waals surface area contributed by atoms with Crippen LogP contribution in [0.15, 0.2) is 22.6 Å². The lowest BCUT2D eigenvalue weighted by molar-refractivity contribution is 0.0374. The minimum Gasteiger partial charge on any atom is -0.440 e. The number of rotatable bonds is 6. The van der Waals surface area contributed by atoms with Crippen molar-refractivity contribution < 1.29 is 13.9 Å². The molecule has 1 aromatic carbocycles. The van der Waals surface area contributed by atoms with Crippen LogP contribution < -0.4 is 5.32 Å². The molecule has 6 heteroatoms. The first-order valence-electron chi connectivity index (χ1n) is 10.3. The van der Waals surface area contributed by atoms with Crippen molar-refractivity contribution in [2.45, 2.75) is 44.4 Å². The topological polar surface area (TPSA) is 67.6 Å². The summed E-state index contributed by atoms with van der Waals surface area (Å²) in [6, 6.07) is 5.56. The van der Waals surface area contributed by atoms with E-state index in [0.29, 0.717) is 18.0 Å². The Morgan fingerprint density at radius 2 is 2.00 bits per heavy atom. The molecule has 2 aromatic rings. The molecule has 27 heavy (non-hydrogen) atoms. The van der Waals surface area contributed by atoms with E-state index >= 15 is 0 Å². The van der Waals surface area contributed by atoms with Gasteiger partial charge in [-0.25, -0.2) is 4.98 Å². The minimum absolute atomic E-state index is 0.0468. The van der Waals surface area contributed by atoms with Gasteiger partial charge in [0.1, 0.15) is 5.52 Å². The lowest BCUT2D eigenvalue weighted by atomic mass is 9.89. The Balaban J connectivity index is 1.31. The van der Waals surface area contributed by atoms with Gasteiger partial charge in [-0.2, -0.15) is 0 Å². The third-order valence-electron chi connectivity index (χ3n) is 5.66. The van der Waals surface area contributed by atoms with Gasteiger partial charge >= 0.3 is 0 Å². The quantitative estimate of drug-likeness (QED) is 0.789. The molecule has 1 aromatic heterocycles. The maximum Gasteiger partial charge on any atom is 0.251 e. The molecular weight excluding hydrogens is 342 g/mol. The van der Waals surface area contributed by atoms with Gasteiger partial charge in [-0.15, -0.1) is 0 Å². The van der Waals surface area contributed by atoms with Gasteiger partial charge in [-0.3, -0.25) is 9.69 Å². The number of carbonyl (C=O) groups is 1. The van der Waals surface area contributed by atoms with E-state index in [1.165, 1.54) is 19.3 Å². The van der Waals surface area contributed by atoms with Gasteiger partial charge < -0.3 is 14.5 Å². The van der Waals surface area contributed by atoms with Gasteiger partial charge in [0.2, 0.25) is 0 Å². The number of amides is 1. The minimum atomic E-state index is -0.0468. The van der Waals surface area contributed by atoms with Crippen molar-refractivity contribution in [1.29, 1.82) is 0 Å². The number of nitrogens with one attached hydrogen (secondary N) is 1. The second-order valence-electron chi connectivity index (χ2n) is 7.63. The molecular formula is C21H29N3O3. The summed E-state index contributed by atoms with van der Waals surface area (Å²) < 4.78 is 11.3. The Labute approximate surface area is 160 Å². The van der Waals surface area contributed by atoms with E-state index in [0.717, 1.165) is 69.1 Å². The van der Waals surface area contributed by atoms with Crippen LogP contribution in [0.4, 0.5) is 0 Å². The molecule has 1 saturated heterocycles. The average Bonchev–Trinajstić information content (AvgIpc) is 3.16. The van der Waals surface area contributed by atoms with Crippen molar-refractivity contribution in [2.24, 2.45) is 0 Å². The van der Waals surface area contributed by atoms with Crippen LogP contribution in [0.2, 0.25) is 0 Å². The molecule has 2 heterocycles. The number of fused-ring (bicyclic) bond motifs is 1.